The van der Waals surface area contributed by atoms with Crippen LogP contribution in [-0.4, -0.2) is 13.0 Å². The number of anilines is 1. The van der Waals surface area contributed by atoms with Crippen molar-refractivity contribution in [2.45, 2.75) is 13.0 Å². The number of benzene rings is 2. The Kier molecular flexibility index (Phi) is 5.24. The molecule has 2 rings (SSSR count). The minimum atomic E-state index is -0.324. The van der Waals surface area contributed by atoms with Gasteiger partial charge >= 0.3 is 0 Å². The first-order chi connectivity index (χ1) is 10.9. The van der Waals surface area contributed by atoms with Crippen LogP contribution in [0, 0.1) is 17.1 Å². The van der Waals surface area contributed by atoms with Gasteiger partial charge in [0.1, 0.15) is 5.82 Å². The number of rotatable bonds is 4. The minimum absolute atomic E-state index is 0.286. The van der Waals surface area contributed by atoms with Crippen LogP contribution in [0.3, 0.4) is 0 Å². The highest BCUT2D eigenvalue weighted by Gasteiger charge is 2.14. The second-order valence-corrected chi connectivity index (χ2v) is 5.75. The molecular formula is C17H16FN3OS. The van der Waals surface area contributed by atoms with Crippen LogP contribution in [-0.2, 0) is 0 Å². The summed E-state index contributed by atoms with van der Waals surface area (Å²) in [5.41, 5.74) is 2.19. The van der Waals surface area contributed by atoms with Crippen LogP contribution in [0.1, 0.15) is 34.5 Å². The molecular weight excluding hydrogens is 313 g/mol. The molecule has 2 aromatic rings. The van der Waals surface area contributed by atoms with Crippen LogP contribution in [0.5, 0.6) is 0 Å². The topological polar surface area (TPSA) is 56.1 Å². The molecule has 0 heterocycles. The van der Waals surface area contributed by atoms with Crippen molar-refractivity contribution < 1.29 is 9.18 Å². The summed E-state index contributed by atoms with van der Waals surface area (Å²) in [6.45, 7) is 1.81. The van der Waals surface area contributed by atoms with Crippen LogP contribution in [0.25, 0.3) is 0 Å². The molecule has 0 aliphatic carbocycles. The second-order valence-electron chi connectivity index (χ2n) is 5.15. The zero-order chi connectivity index (χ0) is 17.0. The van der Waals surface area contributed by atoms with E-state index in [4.69, 9.17) is 5.26 Å². The van der Waals surface area contributed by atoms with Gasteiger partial charge in [0.05, 0.1) is 17.7 Å². The third-order valence-corrected chi connectivity index (χ3v) is 3.63. The summed E-state index contributed by atoms with van der Waals surface area (Å²) in [6, 6.07) is 12.5. The number of carbonyl (C=O) groups is 1. The van der Waals surface area contributed by atoms with Gasteiger partial charge in [0.2, 0.25) is 0 Å². The third kappa shape index (κ3) is 4.24. The number of thiol groups is 1. The largest absolute Gasteiger partial charge is 0.346 e. The summed E-state index contributed by atoms with van der Waals surface area (Å²) >= 11 is 4.18. The van der Waals surface area contributed by atoms with E-state index in [2.05, 4.69) is 18.1 Å². The molecule has 0 aliphatic heterocycles. The predicted molar refractivity (Wildman–Crippen MR) is 90.8 cm³/mol. The van der Waals surface area contributed by atoms with E-state index in [1.54, 1.807) is 31.3 Å². The van der Waals surface area contributed by atoms with Crippen molar-refractivity contribution in [3.8, 4) is 6.07 Å². The van der Waals surface area contributed by atoms with Crippen molar-refractivity contribution in [1.82, 2.24) is 5.32 Å². The Labute approximate surface area is 140 Å². The van der Waals surface area contributed by atoms with Crippen molar-refractivity contribution in [1.29, 1.82) is 5.26 Å². The number of carbonyl (C=O) groups excluding carboxylic acids is 1. The third-order valence-electron chi connectivity index (χ3n) is 3.40. The molecule has 1 amide bonds. The van der Waals surface area contributed by atoms with E-state index in [-0.39, 0.29) is 17.8 Å². The van der Waals surface area contributed by atoms with Gasteiger partial charge in [-0.05, 0) is 42.8 Å². The van der Waals surface area contributed by atoms with E-state index in [1.807, 2.05) is 13.0 Å². The molecule has 2 aromatic carbocycles. The lowest BCUT2D eigenvalue weighted by atomic mass is 10.1. The summed E-state index contributed by atoms with van der Waals surface area (Å²) < 4.78 is 14.5. The highest BCUT2D eigenvalue weighted by atomic mass is 32.1. The zero-order valence-electron chi connectivity index (χ0n) is 12.7. The Morgan fingerprint density at radius 3 is 2.52 bits per heavy atom. The molecule has 0 spiro atoms. The van der Waals surface area contributed by atoms with Gasteiger partial charge in [-0.25, -0.2) is 4.39 Å². The monoisotopic (exact) mass is 329 g/mol. The standard InChI is InChI=1S/C17H16FN3OS/c1-11(13-3-5-15(18)6-4-13)20-17(22)14-7-12(10-19)8-16(9-14)21(2)23/h3-9,11,23H,1-2H3,(H,20,22)/t11-/m1/s1. The van der Waals surface area contributed by atoms with E-state index in [9.17, 15) is 9.18 Å². The Bertz CT molecular complexity index is 753. The lowest BCUT2D eigenvalue weighted by molar-refractivity contribution is 0.0940. The maximum absolute atomic E-state index is 13.0. The van der Waals surface area contributed by atoms with Gasteiger partial charge in [-0.15, -0.1) is 0 Å². The maximum atomic E-state index is 13.0. The Hall–Kier alpha value is -2.52. The molecule has 118 valence electrons. The van der Waals surface area contributed by atoms with E-state index < -0.39 is 0 Å². The smallest absolute Gasteiger partial charge is 0.251 e. The molecule has 23 heavy (non-hydrogen) atoms. The Balaban J connectivity index is 2.21. The number of halogens is 1. The normalized spacial score (nSPS) is 11.4. The highest BCUT2D eigenvalue weighted by Crippen LogP contribution is 2.20. The first kappa shape index (κ1) is 16.8. The molecule has 4 nitrogen and oxygen atoms in total. The number of nitrogens with one attached hydrogen (secondary N) is 1. The minimum Gasteiger partial charge on any atom is -0.346 e. The summed E-state index contributed by atoms with van der Waals surface area (Å²) in [4.78, 5) is 12.4. The van der Waals surface area contributed by atoms with E-state index in [0.717, 1.165) is 5.56 Å². The fourth-order valence-electron chi connectivity index (χ4n) is 2.11. The Morgan fingerprint density at radius 2 is 1.96 bits per heavy atom. The van der Waals surface area contributed by atoms with Crippen molar-refractivity contribution in [2.75, 3.05) is 11.4 Å². The van der Waals surface area contributed by atoms with Gasteiger partial charge in [-0.3, -0.25) is 4.79 Å². The van der Waals surface area contributed by atoms with Crippen molar-refractivity contribution in [3.05, 3.63) is 65.0 Å². The lowest BCUT2D eigenvalue weighted by Crippen LogP contribution is -2.26. The fourth-order valence-corrected chi connectivity index (χ4v) is 2.22. The van der Waals surface area contributed by atoms with E-state index in [1.165, 1.54) is 22.5 Å². The second kappa shape index (κ2) is 7.16. The molecule has 6 heteroatoms. The number of hydrogen-bond acceptors (Lipinski definition) is 4. The van der Waals surface area contributed by atoms with Crippen LogP contribution in [0.4, 0.5) is 10.1 Å². The molecule has 0 unspecified atom stereocenters. The van der Waals surface area contributed by atoms with Gasteiger partial charge in [0.15, 0.2) is 0 Å². The molecule has 0 saturated heterocycles. The van der Waals surface area contributed by atoms with Crippen molar-refractivity contribution >= 4 is 24.4 Å². The zero-order valence-corrected chi connectivity index (χ0v) is 13.6. The van der Waals surface area contributed by atoms with Gasteiger partial charge in [-0.2, -0.15) is 5.26 Å². The molecule has 0 radical (unpaired) electrons. The quantitative estimate of drug-likeness (QED) is 0.845. The van der Waals surface area contributed by atoms with Gasteiger partial charge in [0.25, 0.3) is 5.91 Å². The molecule has 0 aromatic heterocycles. The van der Waals surface area contributed by atoms with Gasteiger partial charge in [0, 0.05) is 18.3 Å². The average Bonchev–Trinajstić information content (AvgIpc) is 2.54. The number of amides is 1. The van der Waals surface area contributed by atoms with Crippen molar-refractivity contribution in [3.63, 3.8) is 0 Å². The van der Waals surface area contributed by atoms with E-state index >= 15 is 0 Å². The van der Waals surface area contributed by atoms with Gasteiger partial charge < -0.3 is 9.62 Å². The maximum Gasteiger partial charge on any atom is 0.251 e. The summed E-state index contributed by atoms with van der Waals surface area (Å²) in [6.07, 6.45) is 0. The summed E-state index contributed by atoms with van der Waals surface area (Å²) in [5, 5.41) is 11.9. The lowest BCUT2D eigenvalue weighted by Gasteiger charge is -2.16. The summed E-state index contributed by atoms with van der Waals surface area (Å²) in [5.74, 6) is -0.634. The van der Waals surface area contributed by atoms with Crippen LogP contribution < -0.4 is 9.62 Å². The van der Waals surface area contributed by atoms with Crippen LogP contribution in [0.2, 0.25) is 0 Å². The van der Waals surface area contributed by atoms with Crippen molar-refractivity contribution in [2.24, 2.45) is 0 Å². The fraction of sp³-hybridized carbons (Fsp3) is 0.176. The highest BCUT2D eigenvalue weighted by molar-refractivity contribution is 7.81. The predicted octanol–water partition coefficient (Wildman–Crippen LogP) is 3.47. The Morgan fingerprint density at radius 1 is 1.30 bits per heavy atom. The first-order valence-electron chi connectivity index (χ1n) is 6.95. The SMILES string of the molecule is C[C@@H](NC(=O)c1cc(C#N)cc(N(C)S)c1)c1ccc(F)cc1. The summed E-state index contributed by atoms with van der Waals surface area (Å²) in [7, 11) is 1.71. The van der Waals surface area contributed by atoms with Crippen LogP contribution in [0.15, 0.2) is 42.5 Å². The number of nitrogens with zero attached hydrogens (tertiary/aromatic N) is 2. The van der Waals surface area contributed by atoms with E-state index in [0.29, 0.717) is 16.8 Å². The molecule has 1 N–H and O–H groups in total. The molecule has 0 bridgehead atoms. The molecule has 0 aliphatic rings. The number of hydrogen-bond donors (Lipinski definition) is 2. The molecule has 1 atom stereocenters. The average molecular weight is 329 g/mol. The first-order valence-corrected chi connectivity index (χ1v) is 7.35. The molecule has 0 saturated carbocycles. The van der Waals surface area contributed by atoms with Crippen LogP contribution >= 0.6 is 12.8 Å². The number of nitriles is 1. The molecule has 0 fully saturated rings. The van der Waals surface area contributed by atoms with Gasteiger partial charge in [-0.1, -0.05) is 24.9 Å².